The van der Waals surface area contributed by atoms with Gasteiger partial charge in [-0.15, -0.1) is 0 Å². The standard InChI is InChI=1S/C52H60Cl2FN7O7/c1-60-40-27-30(12-17-38(40)62(49(60)69)39-18-19-41(63)58-45(39)64)7-6-20-50(48(67)68)23-25-61(26-24-50)29-31-10-14-33(15-11-31)56-46(65)44-42(34-8-5-9-36(54)43(34)55)52(51(59-44)21-3-2-4-22-51)35-16-13-32(53)28-37(35)57-47(52)66/h5,8-9,12-13,16-17,27-28,31,33,39,42,44,59H,2-4,6-7,10-11,14-15,18-26,29H2,1H3,(H,56,65)(H,57,66)(H,67,68)(H,58,63,64)/t31?,33?,39?,42-,44+,52+/m0/s1. The fourth-order valence-electron chi connectivity index (χ4n) is 13.5. The van der Waals surface area contributed by atoms with Crippen LogP contribution in [-0.4, -0.2) is 86.0 Å². The van der Waals surface area contributed by atoms with Crippen molar-refractivity contribution < 1.29 is 33.5 Å². The van der Waals surface area contributed by atoms with Gasteiger partial charge >= 0.3 is 11.7 Å². The van der Waals surface area contributed by atoms with Crippen LogP contribution >= 0.6 is 23.2 Å². The van der Waals surface area contributed by atoms with Crippen LogP contribution in [0.15, 0.2) is 59.4 Å². The zero-order valence-corrected chi connectivity index (χ0v) is 40.4. The number of aryl methyl sites for hydroxylation is 2. The van der Waals surface area contributed by atoms with E-state index in [1.165, 1.54) is 15.2 Å². The average molecular weight is 985 g/mol. The smallest absolute Gasteiger partial charge is 0.329 e. The monoisotopic (exact) mass is 983 g/mol. The summed E-state index contributed by atoms with van der Waals surface area (Å²) in [5.41, 5.74) is 0.561. The first-order valence-corrected chi connectivity index (χ1v) is 25.5. The number of imidazole rings is 1. The average Bonchev–Trinajstić information content (AvgIpc) is 3.88. The first-order chi connectivity index (χ1) is 33.1. The summed E-state index contributed by atoms with van der Waals surface area (Å²) >= 11 is 12.9. The maximum Gasteiger partial charge on any atom is 0.329 e. The van der Waals surface area contributed by atoms with Crippen molar-refractivity contribution in [1.29, 1.82) is 0 Å². The van der Waals surface area contributed by atoms with E-state index in [9.17, 15) is 33.9 Å². The van der Waals surface area contributed by atoms with Gasteiger partial charge in [0, 0.05) is 48.2 Å². The number of carboxylic acids is 1. The van der Waals surface area contributed by atoms with E-state index in [0.29, 0.717) is 85.7 Å². The number of imide groups is 1. The number of nitrogens with zero attached hydrogens (tertiary/aromatic N) is 3. The number of aliphatic carboxylic acids is 1. The first-order valence-electron chi connectivity index (χ1n) is 24.8. The Kier molecular flexibility index (Phi) is 12.8. The van der Waals surface area contributed by atoms with Gasteiger partial charge in [-0.3, -0.25) is 43.7 Å². The zero-order chi connectivity index (χ0) is 48.4. The normalized spacial score (nSPS) is 27.7. The Balaban J connectivity index is 0.763. The molecule has 4 atom stereocenters. The molecule has 4 aromatic rings. The molecule has 69 heavy (non-hydrogen) atoms. The van der Waals surface area contributed by atoms with E-state index in [1.54, 1.807) is 31.3 Å². The van der Waals surface area contributed by atoms with Crippen molar-refractivity contribution in [2.45, 2.75) is 138 Å². The molecule has 14 nitrogen and oxygen atoms in total. The number of carbonyl (C=O) groups is 5. The van der Waals surface area contributed by atoms with E-state index in [2.05, 4.69) is 26.2 Å². The van der Waals surface area contributed by atoms with Crippen LogP contribution in [-0.2, 0) is 42.9 Å². The number of anilines is 1. The van der Waals surface area contributed by atoms with Crippen molar-refractivity contribution >= 4 is 69.5 Å². The third-order valence-corrected chi connectivity index (χ3v) is 17.6. The van der Waals surface area contributed by atoms with Crippen molar-refractivity contribution in [2.24, 2.45) is 18.4 Å². The second kappa shape index (κ2) is 18.6. The predicted molar refractivity (Wildman–Crippen MR) is 260 cm³/mol. The lowest BCUT2D eigenvalue weighted by Gasteiger charge is -2.47. The van der Waals surface area contributed by atoms with Gasteiger partial charge in [0.05, 0.1) is 27.5 Å². The van der Waals surface area contributed by atoms with Crippen LogP contribution in [0.5, 0.6) is 0 Å². The van der Waals surface area contributed by atoms with Crippen molar-refractivity contribution in [2.75, 3.05) is 25.0 Å². The molecule has 6 aliphatic rings. The number of carbonyl (C=O) groups excluding carboxylic acids is 4. The number of carboxylic acid groups (broad SMARTS) is 1. The van der Waals surface area contributed by atoms with Gasteiger partial charge < -0.3 is 20.6 Å². The summed E-state index contributed by atoms with van der Waals surface area (Å²) in [5, 5.41) is 23.5. The maximum atomic E-state index is 16.4. The number of nitrogens with one attached hydrogen (secondary N) is 4. The third-order valence-electron chi connectivity index (χ3n) is 17.1. The number of piperidine rings is 2. The lowest BCUT2D eigenvalue weighted by Crippen LogP contribution is -2.60. The topological polar surface area (TPSA) is 184 Å². The molecule has 366 valence electrons. The Bertz CT molecular complexity index is 2790. The second-order valence-corrected chi connectivity index (χ2v) is 21.6. The molecule has 1 unspecified atom stereocenters. The molecule has 2 aliphatic carbocycles. The van der Waals surface area contributed by atoms with Crippen LogP contribution < -0.4 is 27.0 Å². The Hall–Kier alpha value is -5.09. The van der Waals surface area contributed by atoms with Gasteiger partial charge in [-0.2, -0.15) is 0 Å². The molecule has 5 heterocycles. The summed E-state index contributed by atoms with van der Waals surface area (Å²) in [5.74, 6) is -3.23. The highest BCUT2D eigenvalue weighted by Crippen LogP contribution is 2.63. The van der Waals surface area contributed by atoms with E-state index in [0.717, 1.165) is 62.6 Å². The second-order valence-electron chi connectivity index (χ2n) is 20.8. The van der Waals surface area contributed by atoms with Gasteiger partial charge in [-0.05, 0) is 143 Å². The molecule has 4 aliphatic heterocycles. The summed E-state index contributed by atoms with van der Waals surface area (Å²) in [7, 11) is 1.67. The maximum absolute atomic E-state index is 16.4. The summed E-state index contributed by atoms with van der Waals surface area (Å²) in [6.45, 7) is 2.23. The lowest BCUT2D eigenvalue weighted by molar-refractivity contribution is -0.153. The zero-order valence-electron chi connectivity index (χ0n) is 38.9. The molecule has 5 fully saturated rings. The van der Waals surface area contributed by atoms with Crippen LogP contribution in [0.25, 0.3) is 11.0 Å². The van der Waals surface area contributed by atoms with Crippen LogP contribution in [0.1, 0.15) is 125 Å². The number of amides is 4. The van der Waals surface area contributed by atoms with Gasteiger partial charge in [0.15, 0.2) is 0 Å². The highest BCUT2D eigenvalue weighted by Gasteiger charge is 2.72. The fourth-order valence-corrected chi connectivity index (χ4v) is 13.9. The molecular weight excluding hydrogens is 925 g/mol. The number of aromatic nitrogens is 2. The highest BCUT2D eigenvalue weighted by atomic mass is 35.5. The van der Waals surface area contributed by atoms with Crippen LogP contribution in [0.4, 0.5) is 10.1 Å². The highest BCUT2D eigenvalue weighted by molar-refractivity contribution is 6.31. The Labute approximate surface area is 410 Å². The third kappa shape index (κ3) is 8.18. The number of fused-ring (bicyclic) bond motifs is 4. The van der Waals surface area contributed by atoms with E-state index < -0.39 is 52.1 Å². The molecule has 3 aromatic carbocycles. The molecule has 17 heteroatoms. The Morgan fingerprint density at radius 3 is 2.36 bits per heavy atom. The SMILES string of the molecule is Cn1c(=O)n(C2CCC(=O)NC2=O)c2ccc(CCCC3(C(=O)O)CCN(CC4CCC(NC(=O)[C@@H]5NC6(CCCCC6)[C@@]6(C(=O)Nc7cc(Cl)ccc76)[C@H]5c5cccc(Cl)c5F)CC4)CC3)cc21. The number of hydrogen-bond acceptors (Lipinski definition) is 8. The van der Waals surface area contributed by atoms with Crippen LogP contribution in [0.3, 0.4) is 0 Å². The Morgan fingerprint density at radius 1 is 0.884 bits per heavy atom. The molecule has 2 saturated carbocycles. The molecular formula is C52H60Cl2FN7O7. The van der Waals surface area contributed by atoms with E-state index in [-0.39, 0.29) is 52.9 Å². The molecule has 3 saturated heterocycles. The molecule has 0 radical (unpaired) electrons. The van der Waals surface area contributed by atoms with E-state index in [4.69, 9.17) is 23.2 Å². The molecule has 5 N–H and O–H groups in total. The minimum Gasteiger partial charge on any atom is -0.481 e. The van der Waals surface area contributed by atoms with Gasteiger partial charge in [0.1, 0.15) is 17.3 Å². The fraction of sp³-hybridized carbons (Fsp3) is 0.538. The van der Waals surface area contributed by atoms with Crippen molar-refractivity contribution in [3.63, 3.8) is 0 Å². The van der Waals surface area contributed by atoms with Crippen molar-refractivity contribution in [1.82, 2.24) is 30.0 Å². The van der Waals surface area contributed by atoms with E-state index >= 15 is 4.39 Å². The number of benzene rings is 3. The van der Waals surface area contributed by atoms with Gasteiger partial charge in [0.2, 0.25) is 23.6 Å². The number of likely N-dealkylation sites (tertiary alicyclic amines) is 1. The van der Waals surface area contributed by atoms with Crippen molar-refractivity contribution in [3.8, 4) is 0 Å². The van der Waals surface area contributed by atoms with Crippen molar-refractivity contribution in [3.05, 3.63) is 97.6 Å². The van der Waals surface area contributed by atoms with Crippen LogP contribution in [0.2, 0.25) is 10.0 Å². The number of halogens is 3. The summed E-state index contributed by atoms with van der Waals surface area (Å²) in [4.78, 5) is 82.4. The summed E-state index contributed by atoms with van der Waals surface area (Å²) in [6.07, 6.45) is 10.7. The van der Waals surface area contributed by atoms with Gasteiger partial charge in [-0.1, -0.05) is 66.7 Å². The van der Waals surface area contributed by atoms with Crippen LogP contribution in [0, 0.1) is 17.2 Å². The lowest BCUT2D eigenvalue weighted by atomic mass is 9.55. The van der Waals surface area contributed by atoms with E-state index in [1.807, 2.05) is 24.3 Å². The summed E-state index contributed by atoms with van der Waals surface area (Å²) in [6, 6.07) is 14.1. The van der Waals surface area contributed by atoms with Gasteiger partial charge in [0.25, 0.3) is 0 Å². The van der Waals surface area contributed by atoms with Gasteiger partial charge in [-0.25, -0.2) is 9.18 Å². The number of rotatable bonds is 11. The minimum atomic E-state index is -1.29. The molecule has 0 bridgehead atoms. The largest absolute Gasteiger partial charge is 0.481 e. The predicted octanol–water partition coefficient (Wildman–Crippen LogP) is 7.28. The first kappa shape index (κ1) is 47.6. The molecule has 2 spiro atoms. The minimum absolute atomic E-state index is 0.0646. The molecule has 4 amide bonds. The summed E-state index contributed by atoms with van der Waals surface area (Å²) < 4.78 is 19.4. The Morgan fingerprint density at radius 2 is 1.64 bits per heavy atom. The molecule has 10 rings (SSSR count). The number of hydrogen-bond donors (Lipinski definition) is 5. The molecule has 1 aromatic heterocycles. The quantitative estimate of drug-likeness (QED) is 0.0965.